The van der Waals surface area contributed by atoms with E-state index in [2.05, 4.69) is 27.8 Å². The van der Waals surface area contributed by atoms with E-state index >= 15 is 0 Å². The second kappa shape index (κ2) is 10.2. The smallest absolute Gasteiger partial charge is 0.209 e. The number of likely N-dealkylation sites (N-methyl/N-ethyl adjacent to an activating group) is 1. The van der Waals surface area contributed by atoms with Crippen molar-refractivity contribution >= 4 is 11.8 Å². The number of nitrogens with zero attached hydrogens (tertiary/aromatic N) is 4. The van der Waals surface area contributed by atoms with E-state index in [9.17, 15) is 0 Å². The molecule has 0 aliphatic heterocycles. The minimum atomic E-state index is 0.627. The molecule has 0 amide bonds. The lowest BCUT2D eigenvalue weighted by molar-refractivity contribution is 0.0790. The summed E-state index contributed by atoms with van der Waals surface area (Å²) in [4.78, 5) is 0. The van der Waals surface area contributed by atoms with Crippen molar-refractivity contribution in [1.29, 1.82) is 0 Å². The zero-order valence-corrected chi connectivity index (χ0v) is 11.8. The zero-order valence-electron chi connectivity index (χ0n) is 11.0. The van der Waals surface area contributed by atoms with Gasteiger partial charge in [0.05, 0.1) is 26.4 Å². The van der Waals surface area contributed by atoms with Gasteiger partial charge in [0.15, 0.2) is 0 Å². The molecule has 1 aromatic rings. The number of thioether (sulfide) groups is 1. The Hall–Kier alpha value is -0.700. The summed E-state index contributed by atoms with van der Waals surface area (Å²) in [6.45, 7) is 6.62. The van der Waals surface area contributed by atoms with Gasteiger partial charge >= 0.3 is 0 Å². The third kappa shape index (κ3) is 6.29. The SMILES string of the molecule is CCNCCn1nnnc1SCCOCCOC. The standard InChI is InChI=1S/C10H21N5O2S/c1-3-11-4-5-15-10(12-13-14-15)18-9-8-17-7-6-16-2/h11H,3-9H2,1-2H3. The third-order valence-electron chi connectivity index (χ3n) is 2.14. The van der Waals surface area contributed by atoms with Crippen LogP contribution in [0.25, 0.3) is 0 Å². The maximum Gasteiger partial charge on any atom is 0.209 e. The first-order chi connectivity index (χ1) is 8.88. The van der Waals surface area contributed by atoms with Gasteiger partial charge in [-0.05, 0) is 17.0 Å². The number of hydrogen-bond acceptors (Lipinski definition) is 7. The molecule has 1 rings (SSSR count). The Kier molecular flexibility index (Phi) is 8.74. The van der Waals surface area contributed by atoms with Crippen LogP contribution in [0.2, 0.25) is 0 Å². The molecule has 0 radical (unpaired) electrons. The van der Waals surface area contributed by atoms with E-state index in [4.69, 9.17) is 9.47 Å². The number of aromatic nitrogens is 4. The van der Waals surface area contributed by atoms with E-state index < -0.39 is 0 Å². The molecule has 0 aliphatic carbocycles. The second-order valence-electron chi connectivity index (χ2n) is 3.49. The molecule has 0 atom stereocenters. The predicted octanol–water partition coefficient (Wildman–Crippen LogP) is 0.0377. The topological polar surface area (TPSA) is 74.1 Å². The first-order valence-electron chi connectivity index (χ1n) is 6.04. The van der Waals surface area contributed by atoms with E-state index in [0.717, 1.165) is 30.5 Å². The van der Waals surface area contributed by atoms with E-state index in [0.29, 0.717) is 19.8 Å². The molecule has 1 heterocycles. The fourth-order valence-corrected chi connectivity index (χ4v) is 1.99. The van der Waals surface area contributed by atoms with Gasteiger partial charge in [-0.3, -0.25) is 0 Å². The van der Waals surface area contributed by atoms with Crippen molar-refractivity contribution in [2.45, 2.75) is 18.6 Å². The number of methoxy groups -OCH3 is 1. The summed E-state index contributed by atoms with van der Waals surface area (Å²) >= 11 is 1.60. The van der Waals surface area contributed by atoms with Crippen LogP contribution >= 0.6 is 11.8 Å². The van der Waals surface area contributed by atoms with Crippen LogP contribution in [-0.2, 0) is 16.0 Å². The van der Waals surface area contributed by atoms with Gasteiger partial charge in [0.1, 0.15) is 0 Å². The van der Waals surface area contributed by atoms with Crippen LogP contribution in [0.1, 0.15) is 6.92 Å². The zero-order chi connectivity index (χ0) is 13.1. The largest absolute Gasteiger partial charge is 0.382 e. The van der Waals surface area contributed by atoms with Gasteiger partial charge < -0.3 is 14.8 Å². The fourth-order valence-electron chi connectivity index (χ4n) is 1.24. The molecule has 8 heteroatoms. The molecule has 0 spiro atoms. The molecular weight excluding hydrogens is 254 g/mol. The Balaban J connectivity index is 2.15. The number of hydrogen-bond donors (Lipinski definition) is 1. The third-order valence-corrected chi connectivity index (χ3v) is 3.06. The maximum atomic E-state index is 5.37. The summed E-state index contributed by atoms with van der Waals surface area (Å²) < 4.78 is 12.1. The van der Waals surface area contributed by atoms with Gasteiger partial charge in [-0.25, -0.2) is 4.68 Å². The Morgan fingerprint density at radius 1 is 1.33 bits per heavy atom. The molecule has 7 nitrogen and oxygen atoms in total. The maximum absolute atomic E-state index is 5.37. The highest BCUT2D eigenvalue weighted by Crippen LogP contribution is 2.12. The quantitative estimate of drug-likeness (QED) is 0.451. The van der Waals surface area contributed by atoms with Gasteiger partial charge in [-0.15, -0.1) is 5.10 Å². The van der Waals surface area contributed by atoms with Crippen molar-refractivity contribution in [2.75, 3.05) is 45.8 Å². The monoisotopic (exact) mass is 275 g/mol. The Morgan fingerprint density at radius 3 is 3.00 bits per heavy atom. The summed E-state index contributed by atoms with van der Waals surface area (Å²) in [5.41, 5.74) is 0. The average Bonchev–Trinajstić information content (AvgIpc) is 2.82. The molecule has 0 saturated carbocycles. The number of rotatable bonds is 11. The van der Waals surface area contributed by atoms with E-state index in [-0.39, 0.29) is 0 Å². The number of tetrazole rings is 1. The molecule has 0 bridgehead atoms. The van der Waals surface area contributed by atoms with Crippen molar-refractivity contribution in [3.05, 3.63) is 0 Å². The summed E-state index contributed by atoms with van der Waals surface area (Å²) in [7, 11) is 1.66. The van der Waals surface area contributed by atoms with Crippen molar-refractivity contribution in [3.8, 4) is 0 Å². The predicted molar refractivity (Wildman–Crippen MR) is 69.8 cm³/mol. The van der Waals surface area contributed by atoms with Gasteiger partial charge in [0, 0.05) is 19.4 Å². The Morgan fingerprint density at radius 2 is 2.22 bits per heavy atom. The molecule has 0 aliphatic rings. The molecule has 0 fully saturated rings. The van der Waals surface area contributed by atoms with Crippen molar-refractivity contribution in [1.82, 2.24) is 25.5 Å². The summed E-state index contributed by atoms with van der Waals surface area (Å²) in [6.07, 6.45) is 0. The molecule has 0 saturated heterocycles. The highest BCUT2D eigenvalue weighted by atomic mass is 32.2. The minimum absolute atomic E-state index is 0.627. The molecular formula is C10H21N5O2S. The molecule has 104 valence electrons. The van der Waals surface area contributed by atoms with Crippen LogP contribution in [0.5, 0.6) is 0 Å². The summed E-state index contributed by atoms with van der Waals surface area (Å²) in [6, 6.07) is 0. The van der Waals surface area contributed by atoms with E-state index in [1.165, 1.54) is 0 Å². The van der Waals surface area contributed by atoms with Crippen LogP contribution in [0.3, 0.4) is 0 Å². The molecule has 0 unspecified atom stereocenters. The van der Waals surface area contributed by atoms with Gasteiger partial charge in [0.2, 0.25) is 5.16 Å². The van der Waals surface area contributed by atoms with Crippen molar-refractivity contribution < 1.29 is 9.47 Å². The van der Waals surface area contributed by atoms with E-state index in [1.807, 2.05) is 4.68 Å². The molecule has 18 heavy (non-hydrogen) atoms. The van der Waals surface area contributed by atoms with Crippen LogP contribution in [-0.4, -0.2) is 66.0 Å². The first-order valence-corrected chi connectivity index (χ1v) is 7.03. The molecule has 1 N–H and O–H groups in total. The average molecular weight is 275 g/mol. The number of nitrogens with one attached hydrogen (secondary N) is 1. The Labute approximate surface area is 112 Å². The highest BCUT2D eigenvalue weighted by Gasteiger charge is 2.05. The first kappa shape index (κ1) is 15.4. The van der Waals surface area contributed by atoms with Gasteiger partial charge in [-0.1, -0.05) is 18.7 Å². The van der Waals surface area contributed by atoms with Gasteiger partial charge in [-0.2, -0.15) is 0 Å². The van der Waals surface area contributed by atoms with Crippen molar-refractivity contribution in [3.63, 3.8) is 0 Å². The lowest BCUT2D eigenvalue weighted by atomic mass is 10.6. The molecule has 0 aromatic carbocycles. The van der Waals surface area contributed by atoms with Crippen molar-refractivity contribution in [2.24, 2.45) is 0 Å². The lowest BCUT2D eigenvalue weighted by Crippen LogP contribution is -2.20. The van der Waals surface area contributed by atoms with Crippen LogP contribution < -0.4 is 5.32 Å². The number of ether oxygens (including phenoxy) is 2. The van der Waals surface area contributed by atoms with E-state index in [1.54, 1.807) is 18.9 Å². The summed E-state index contributed by atoms with van der Waals surface area (Å²) in [5.74, 6) is 0.839. The lowest BCUT2D eigenvalue weighted by Gasteiger charge is -2.05. The van der Waals surface area contributed by atoms with Crippen LogP contribution in [0.15, 0.2) is 5.16 Å². The second-order valence-corrected chi connectivity index (χ2v) is 4.55. The molecule has 1 aromatic heterocycles. The fraction of sp³-hybridized carbons (Fsp3) is 0.900. The summed E-state index contributed by atoms with van der Waals surface area (Å²) in [5, 5.41) is 15.7. The minimum Gasteiger partial charge on any atom is -0.382 e. The van der Waals surface area contributed by atoms with Gasteiger partial charge in [0.25, 0.3) is 0 Å². The Bertz CT molecular complexity index is 310. The van der Waals surface area contributed by atoms with Crippen LogP contribution in [0.4, 0.5) is 0 Å². The highest BCUT2D eigenvalue weighted by molar-refractivity contribution is 7.99. The normalized spacial score (nSPS) is 11.0. The van der Waals surface area contributed by atoms with Crippen LogP contribution in [0, 0.1) is 0 Å².